The average Bonchev–Trinajstić information content (AvgIpc) is 2.41. The lowest BCUT2D eigenvalue weighted by atomic mass is 10.0. The molecule has 3 heteroatoms. The number of hydrogen-bond donors (Lipinski definition) is 1. The molecule has 0 aliphatic carbocycles. The highest BCUT2D eigenvalue weighted by Gasteiger charge is 2.05. The number of benzene rings is 2. The van der Waals surface area contributed by atoms with Crippen molar-refractivity contribution in [3.8, 4) is 11.5 Å². The van der Waals surface area contributed by atoms with Crippen molar-refractivity contribution in [2.24, 2.45) is 0 Å². The van der Waals surface area contributed by atoms with Gasteiger partial charge in [-0.25, -0.2) is 0 Å². The number of aliphatic hydroxyl groups is 1. The van der Waals surface area contributed by atoms with Crippen LogP contribution < -0.4 is 4.74 Å². The molecule has 19 heavy (non-hydrogen) atoms. The monoisotopic (exact) mass is 320 g/mol. The van der Waals surface area contributed by atoms with E-state index in [1.165, 1.54) is 5.56 Å². The van der Waals surface area contributed by atoms with E-state index in [-0.39, 0.29) is 6.61 Å². The Balaban J connectivity index is 2.16. The maximum atomic E-state index is 9.06. The van der Waals surface area contributed by atoms with Crippen LogP contribution in [-0.2, 0) is 6.61 Å². The van der Waals surface area contributed by atoms with Crippen molar-refractivity contribution in [2.75, 3.05) is 0 Å². The Morgan fingerprint density at radius 3 is 2.32 bits per heavy atom. The molecule has 0 radical (unpaired) electrons. The summed E-state index contributed by atoms with van der Waals surface area (Å²) in [6, 6.07) is 13.7. The second-order valence-corrected chi connectivity index (χ2v) is 5.60. The fraction of sp³-hybridized carbons (Fsp3) is 0.250. The zero-order valence-corrected chi connectivity index (χ0v) is 12.6. The number of ether oxygens (including phenoxy) is 1. The Bertz CT molecular complexity index is 547. The van der Waals surface area contributed by atoms with Gasteiger partial charge in [0.15, 0.2) is 0 Å². The van der Waals surface area contributed by atoms with E-state index >= 15 is 0 Å². The van der Waals surface area contributed by atoms with Gasteiger partial charge in [0.25, 0.3) is 0 Å². The number of rotatable bonds is 4. The van der Waals surface area contributed by atoms with Crippen molar-refractivity contribution in [3.05, 3.63) is 58.1 Å². The van der Waals surface area contributed by atoms with Gasteiger partial charge in [-0.3, -0.25) is 0 Å². The van der Waals surface area contributed by atoms with Gasteiger partial charge in [0.2, 0.25) is 0 Å². The SMILES string of the molecule is CC(C)c1ccc(Oc2ccc(CO)cc2Br)cc1. The Kier molecular flexibility index (Phi) is 4.61. The molecule has 100 valence electrons. The van der Waals surface area contributed by atoms with Crippen molar-refractivity contribution in [1.29, 1.82) is 0 Å². The Labute approximate surface area is 122 Å². The maximum Gasteiger partial charge on any atom is 0.141 e. The van der Waals surface area contributed by atoms with Crippen molar-refractivity contribution < 1.29 is 9.84 Å². The Morgan fingerprint density at radius 2 is 1.79 bits per heavy atom. The van der Waals surface area contributed by atoms with Gasteiger partial charge in [-0.05, 0) is 57.2 Å². The van der Waals surface area contributed by atoms with E-state index in [1.54, 1.807) is 0 Å². The fourth-order valence-electron chi connectivity index (χ4n) is 1.77. The first-order valence-corrected chi connectivity index (χ1v) is 7.06. The van der Waals surface area contributed by atoms with Gasteiger partial charge in [0, 0.05) is 0 Å². The number of halogens is 1. The van der Waals surface area contributed by atoms with Gasteiger partial charge in [-0.1, -0.05) is 32.0 Å². The topological polar surface area (TPSA) is 29.5 Å². The third-order valence-electron chi connectivity index (χ3n) is 2.95. The average molecular weight is 321 g/mol. The predicted molar refractivity (Wildman–Crippen MR) is 80.7 cm³/mol. The smallest absolute Gasteiger partial charge is 0.141 e. The summed E-state index contributed by atoms with van der Waals surface area (Å²) in [4.78, 5) is 0. The van der Waals surface area contributed by atoms with Crippen molar-refractivity contribution >= 4 is 15.9 Å². The fourth-order valence-corrected chi connectivity index (χ4v) is 2.28. The summed E-state index contributed by atoms with van der Waals surface area (Å²) >= 11 is 3.45. The molecule has 2 aromatic carbocycles. The van der Waals surface area contributed by atoms with Gasteiger partial charge < -0.3 is 9.84 Å². The Hall–Kier alpha value is -1.32. The van der Waals surface area contributed by atoms with Crippen LogP contribution in [0.4, 0.5) is 0 Å². The van der Waals surface area contributed by atoms with Crippen LogP contribution in [0.3, 0.4) is 0 Å². The molecule has 0 aliphatic rings. The molecular weight excluding hydrogens is 304 g/mol. The summed E-state index contributed by atoms with van der Waals surface area (Å²) in [5.74, 6) is 2.07. The zero-order valence-electron chi connectivity index (χ0n) is 11.1. The highest BCUT2D eigenvalue weighted by atomic mass is 79.9. The van der Waals surface area contributed by atoms with Crippen LogP contribution in [0.2, 0.25) is 0 Å². The molecule has 0 saturated carbocycles. The molecule has 0 bridgehead atoms. The highest BCUT2D eigenvalue weighted by molar-refractivity contribution is 9.10. The molecule has 2 aromatic rings. The second-order valence-electron chi connectivity index (χ2n) is 4.75. The molecule has 0 aromatic heterocycles. The minimum absolute atomic E-state index is 0.0297. The minimum Gasteiger partial charge on any atom is -0.456 e. The van der Waals surface area contributed by atoms with Gasteiger partial charge in [-0.15, -0.1) is 0 Å². The van der Waals surface area contributed by atoms with Crippen LogP contribution >= 0.6 is 15.9 Å². The molecule has 0 saturated heterocycles. The lowest BCUT2D eigenvalue weighted by molar-refractivity contribution is 0.281. The van der Waals surface area contributed by atoms with Gasteiger partial charge in [0.05, 0.1) is 11.1 Å². The van der Waals surface area contributed by atoms with E-state index in [9.17, 15) is 0 Å². The molecule has 0 aliphatic heterocycles. The van der Waals surface area contributed by atoms with Crippen LogP contribution in [0.15, 0.2) is 46.9 Å². The zero-order chi connectivity index (χ0) is 13.8. The lowest BCUT2D eigenvalue weighted by Gasteiger charge is -2.10. The molecule has 0 atom stereocenters. The summed E-state index contributed by atoms with van der Waals surface area (Å²) in [5, 5.41) is 9.06. The first-order valence-electron chi connectivity index (χ1n) is 6.27. The minimum atomic E-state index is 0.0297. The number of aliphatic hydroxyl groups excluding tert-OH is 1. The summed E-state index contributed by atoms with van der Waals surface area (Å²) in [5.41, 5.74) is 2.15. The summed E-state index contributed by atoms with van der Waals surface area (Å²) in [6.07, 6.45) is 0. The molecular formula is C16H17BrO2. The Morgan fingerprint density at radius 1 is 1.11 bits per heavy atom. The quantitative estimate of drug-likeness (QED) is 0.871. The molecule has 0 unspecified atom stereocenters. The van der Waals surface area contributed by atoms with Crippen LogP contribution in [0.5, 0.6) is 11.5 Å². The van der Waals surface area contributed by atoms with Crippen molar-refractivity contribution in [1.82, 2.24) is 0 Å². The standard InChI is InChI=1S/C16H17BrO2/c1-11(2)13-4-6-14(7-5-13)19-16-8-3-12(10-18)9-15(16)17/h3-9,11,18H,10H2,1-2H3. The summed E-state index contributed by atoms with van der Waals surface area (Å²) in [7, 11) is 0. The molecule has 2 nitrogen and oxygen atoms in total. The van der Waals surface area contributed by atoms with Crippen molar-refractivity contribution in [3.63, 3.8) is 0 Å². The molecule has 0 fully saturated rings. The highest BCUT2D eigenvalue weighted by Crippen LogP contribution is 2.31. The van der Waals surface area contributed by atoms with Gasteiger partial charge in [0.1, 0.15) is 11.5 Å². The van der Waals surface area contributed by atoms with Crippen molar-refractivity contribution in [2.45, 2.75) is 26.4 Å². The van der Waals surface area contributed by atoms with E-state index in [0.29, 0.717) is 5.92 Å². The van der Waals surface area contributed by atoms with Crippen LogP contribution in [0.25, 0.3) is 0 Å². The van der Waals surface area contributed by atoms with Crippen LogP contribution in [0, 0.1) is 0 Å². The van der Waals surface area contributed by atoms with E-state index in [0.717, 1.165) is 21.5 Å². The lowest BCUT2D eigenvalue weighted by Crippen LogP contribution is -1.90. The molecule has 0 spiro atoms. The maximum absolute atomic E-state index is 9.06. The summed E-state index contributed by atoms with van der Waals surface area (Å²) < 4.78 is 6.65. The van der Waals surface area contributed by atoms with E-state index in [1.807, 2.05) is 30.3 Å². The first kappa shape index (κ1) is 14.1. The normalized spacial score (nSPS) is 10.8. The van der Waals surface area contributed by atoms with Gasteiger partial charge in [-0.2, -0.15) is 0 Å². The van der Waals surface area contributed by atoms with E-state index in [4.69, 9.17) is 9.84 Å². The van der Waals surface area contributed by atoms with Crippen LogP contribution in [-0.4, -0.2) is 5.11 Å². The van der Waals surface area contributed by atoms with Gasteiger partial charge >= 0.3 is 0 Å². The third kappa shape index (κ3) is 3.58. The second kappa shape index (κ2) is 6.22. The molecule has 2 rings (SSSR count). The van der Waals surface area contributed by atoms with E-state index < -0.39 is 0 Å². The third-order valence-corrected chi connectivity index (χ3v) is 3.57. The predicted octanol–water partition coefficient (Wildman–Crippen LogP) is 4.86. The van der Waals surface area contributed by atoms with E-state index in [2.05, 4.69) is 41.9 Å². The molecule has 0 heterocycles. The number of hydrogen-bond acceptors (Lipinski definition) is 2. The molecule has 0 amide bonds. The van der Waals surface area contributed by atoms with Crippen LogP contribution in [0.1, 0.15) is 30.9 Å². The largest absolute Gasteiger partial charge is 0.456 e. The molecule has 1 N–H and O–H groups in total. The summed E-state index contributed by atoms with van der Waals surface area (Å²) in [6.45, 7) is 4.36. The first-order chi connectivity index (χ1) is 9.10.